The number of nitrogens with two attached hydrogens (primary N) is 1. The average molecular weight is 322 g/mol. The molecule has 2 N–H and O–H groups in total. The summed E-state index contributed by atoms with van der Waals surface area (Å²) >= 11 is 0.938. The molecule has 0 saturated heterocycles. The molecule has 0 aliphatic carbocycles. The Morgan fingerprint density at radius 2 is 1.95 bits per heavy atom. The zero-order chi connectivity index (χ0) is 15.6. The Hall–Kier alpha value is -2.04. The molecule has 110 valence electrons. The molecule has 5 nitrogen and oxygen atoms in total. The van der Waals surface area contributed by atoms with Gasteiger partial charge in [-0.25, -0.2) is 8.42 Å². The van der Waals surface area contributed by atoms with Crippen molar-refractivity contribution in [1.29, 1.82) is 5.26 Å². The minimum absolute atomic E-state index is 0.0407. The molecule has 0 spiro atoms. The molecule has 0 radical (unpaired) electrons. The van der Waals surface area contributed by atoms with Gasteiger partial charge in [-0.2, -0.15) is 5.26 Å². The molecule has 21 heavy (non-hydrogen) atoms. The number of hydrogen-bond donors (Lipinski definition) is 1. The van der Waals surface area contributed by atoms with Crippen LogP contribution in [-0.2, 0) is 9.84 Å². The fourth-order valence-electron chi connectivity index (χ4n) is 1.91. The molecule has 0 fully saturated rings. The van der Waals surface area contributed by atoms with Gasteiger partial charge in [0.05, 0.1) is 18.4 Å². The lowest BCUT2D eigenvalue weighted by Crippen LogP contribution is -2.03. The summed E-state index contributed by atoms with van der Waals surface area (Å²) in [5.74, 6) is 0.612. The maximum Gasteiger partial charge on any atom is 0.188 e. The second-order valence-electron chi connectivity index (χ2n) is 4.25. The lowest BCUT2D eigenvalue weighted by Gasteiger charge is -2.06. The monoisotopic (exact) mass is 322 g/mol. The number of rotatable bonds is 4. The van der Waals surface area contributed by atoms with Crippen LogP contribution in [0.15, 0.2) is 28.5 Å². The van der Waals surface area contributed by atoms with E-state index >= 15 is 0 Å². The van der Waals surface area contributed by atoms with Crippen LogP contribution in [0.5, 0.6) is 5.75 Å². The molecule has 2 aromatic rings. The Bertz CT molecular complexity index is 800. The van der Waals surface area contributed by atoms with Crippen LogP contribution in [0.1, 0.15) is 12.5 Å². The van der Waals surface area contributed by atoms with E-state index in [-0.39, 0.29) is 20.5 Å². The Morgan fingerprint density at radius 1 is 1.33 bits per heavy atom. The molecule has 2 rings (SSSR count). The van der Waals surface area contributed by atoms with Crippen LogP contribution in [-0.4, -0.2) is 21.3 Å². The summed E-state index contributed by atoms with van der Waals surface area (Å²) in [6, 6.07) is 8.86. The minimum Gasteiger partial charge on any atom is -0.497 e. The van der Waals surface area contributed by atoms with Gasteiger partial charge in [0.25, 0.3) is 0 Å². The number of benzene rings is 1. The molecule has 0 aliphatic heterocycles. The predicted molar refractivity (Wildman–Crippen MR) is 83.2 cm³/mol. The Kier molecular flexibility index (Phi) is 4.21. The molecule has 1 aromatic carbocycles. The highest BCUT2D eigenvalue weighted by Gasteiger charge is 2.26. The highest BCUT2D eigenvalue weighted by Crippen LogP contribution is 2.41. The zero-order valence-corrected chi connectivity index (χ0v) is 13.2. The third-order valence-electron chi connectivity index (χ3n) is 3.06. The average Bonchev–Trinajstić information content (AvgIpc) is 2.84. The maximum absolute atomic E-state index is 12.2. The minimum atomic E-state index is -3.45. The number of sulfone groups is 1. The second-order valence-corrected chi connectivity index (χ2v) is 7.77. The number of ether oxygens (including phenoxy) is 1. The summed E-state index contributed by atoms with van der Waals surface area (Å²) in [4.78, 5) is 0. The largest absolute Gasteiger partial charge is 0.497 e. The highest BCUT2D eigenvalue weighted by molar-refractivity contribution is 7.93. The van der Waals surface area contributed by atoms with Crippen molar-refractivity contribution in [3.63, 3.8) is 0 Å². The fourth-order valence-corrected chi connectivity index (χ4v) is 4.60. The molecule has 0 unspecified atom stereocenters. The van der Waals surface area contributed by atoms with Crippen molar-refractivity contribution in [3.05, 3.63) is 29.8 Å². The SMILES string of the molecule is CCS(=O)(=O)c1sc(N)c(C#N)c1-c1ccc(OC)cc1. The van der Waals surface area contributed by atoms with Crippen molar-refractivity contribution in [2.45, 2.75) is 11.1 Å². The normalized spacial score (nSPS) is 11.1. The topological polar surface area (TPSA) is 93.2 Å². The van der Waals surface area contributed by atoms with Crippen LogP contribution < -0.4 is 10.5 Å². The summed E-state index contributed by atoms with van der Waals surface area (Å²) < 4.78 is 29.7. The van der Waals surface area contributed by atoms with Crippen molar-refractivity contribution in [1.82, 2.24) is 0 Å². The molecular weight excluding hydrogens is 308 g/mol. The van der Waals surface area contributed by atoms with E-state index in [4.69, 9.17) is 10.5 Å². The van der Waals surface area contributed by atoms with Crippen molar-refractivity contribution >= 4 is 26.2 Å². The van der Waals surface area contributed by atoms with E-state index in [1.165, 1.54) is 0 Å². The van der Waals surface area contributed by atoms with Crippen molar-refractivity contribution in [3.8, 4) is 22.9 Å². The first-order valence-corrected chi connectivity index (χ1v) is 8.61. The van der Waals surface area contributed by atoms with Gasteiger partial charge in [0.2, 0.25) is 0 Å². The van der Waals surface area contributed by atoms with Gasteiger partial charge in [-0.1, -0.05) is 19.1 Å². The Balaban J connectivity index is 2.74. The first kappa shape index (κ1) is 15.4. The molecule has 0 atom stereocenters. The highest BCUT2D eigenvalue weighted by atomic mass is 32.2. The number of thiophene rings is 1. The van der Waals surface area contributed by atoms with Crippen LogP contribution in [0.25, 0.3) is 11.1 Å². The lowest BCUT2D eigenvalue weighted by atomic mass is 10.0. The molecule has 0 amide bonds. The number of nitrogens with zero attached hydrogens (tertiary/aromatic N) is 1. The molecular formula is C14H14N2O3S2. The van der Waals surface area contributed by atoms with Crippen molar-refractivity contribution in [2.24, 2.45) is 0 Å². The van der Waals surface area contributed by atoms with Gasteiger partial charge in [-0.05, 0) is 17.7 Å². The van der Waals surface area contributed by atoms with Crippen LogP contribution in [0.3, 0.4) is 0 Å². The molecule has 7 heteroatoms. The van der Waals surface area contributed by atoms with Gasteiger partial charge in [0.1, 0.15) is 21.0 Å². The van der Waals surface area contributed by atoms with E-state index in [0.29, 0.717) is 16.9 Å². The number of anilines is 1. The smallest absolute Gasteiger partial charge is 0.188 e. The molecule has 0 bridgehead atoms. The third-order valence-corrected chi connectivity index (χ3v) is 6.41. The van der Waals surface area contributed by atoms with Gasteiger partial charge < -0.3 is 10.5 Å². The van der Waals surface area contributed by atoms with Crippen LogP contribution in [0.2, 0.25) is 0 Å². The summed E-state index contributed by atoms with van der Waals surface area (Å²) in [6.45, 7) is 1.56. The first-order valence-electron chi connectivity index (χ1n) is 6.14. The first-order chi connectivity index (χ1) is 9.94. The van der Waals surface area contributed by atoms with Crippen molar-refractivity contribution < 1.29 is 13.2 Å². The van der Waals surface area contributed by atoms with Gasteiger partial charge >= 0.3 is 0 Å². The molecule has 0 aliphatic rings. The van der Waals surface area contributed by atoms with Gasteiger partial charge in [0, 0.05) is 5.56 Å². The van der Waals surface area contributed by atoms with Gasteiger partial charge in [-0.15, -0.1) is 11.3 Å². The standard InChI is InChI=1S/C14H14N2O3S2/c1-3-21(17,18)14-12(11(8-15)13(16)20-14)9-4-6-10(19-2)7-5-9/h4-7H,3,16H2,1-2H3. The van der Waals surface area contributed by atoms with Crippen LogP contribution >= 0.6 is 11.3 Å². The Labute approximate surface area is 127 Å². The Morgan fingerprint density at radius 3 is 2.43 bits per heavy atom. The van der Waals surface area contributed by atoms with Gasteiger partial charge in [-0.3, -0.25) is 0 Å². The van der Waals surface area contributed by atoms with E-state index in [1.807, 2.05) is 6.07 Å². The number of hydrogen-bond acceptors (Lipinski definition) is 6. The van der Waals surface area contributed by atoms with E-state index in [9.17, 15) is 13.7 Å². The summed E-state index contributed by atoms with van der Waals surface area (Å²) in [6.07, 6.45) is 0. The maximum atomic E-state index is 12.2. The van der Waals surface area contributed by atoms with Crippen LogP contribution in [0.4, 0.5) is 5.00 Å². The van der Waals surface area contributed by atoms with E-state index in [0.717, 1.165) is 11.3 Å². The number of nitriles is 1. The van der Waals surface area contributed by atoms with Gasteiger partial charge in [0.15, 0.2) is 9.84 Å². The van der Waals surface area contributed by atoms with Crippen LogP contribution in [0, 0.1) is 11.3 Å². The molecule has 1 heterocycles. The number of methoxy groups -OCH3 is 1. The summed E-state index contributed by atoms with van der Waals surface area (Å²) in [7, 11) is -1.90. The third kappa shape index (κ3) is 2.73. The fraction of sp³-hybridized carbons (Fsp3) is 0.214. The quantitative estimate of drug-likeness (QED) is 0.934. The van der Waals surface area contributed by atoms with E-state index in [2.05, 4.69) is 0 Å². The van der Waals surface area contributed by atoms with E-state index < -0.39 is 9.84 Å². The number of nitrogen functional groups attached to an aromatic ring is 1. The summed E-state index contributed by atoms with van der Waals surface area (Å²) in [5, 5.41) is 9.49. The second kappa shape index (κ2) is 5.76. The molecule has 1 aromatic heterocycles. The van der Waals surface area contributed by atoms with Crippen molar-refractivity contribution in [2.75, 3.05) is 18.6 Å². The predicted octanol–water partition coefficient (Wildman–Crippen LogP) is 2.67. The summed E-state index contributed by atoms with van der Waals surface area (Å²) in [5.41, 5.74) is 7.02. The molecule has 0 saturated carbocycles. The zero-order valence-electron chi connectivity index (χ0n) is 11.6. The van der Waals surface area contributed by atoms with E-state index in [1.54, 1.807) is 38.3 Å². The lowest BCUT2D eigenvalue weighted by molar-refractivity contribution is 0.415.